The maximum absolute atomic E-state index is 5.93. The molecule has 96 valence electrons. The quantitative estimate of drug-likeness (QED) is 0.680. The van der Waals surface area contributed by atoms with Crippen molar-refractivity contribution in [1.82, 2.24) is 9.97 Å². The van der Waals surface area contributed by atoms with Gasteiger partial charge in [-0.2, -0.15) is 4.98 Å². The Hall–Kier alpha value is -1.52. The monoisotopic (exact) mass is 238 g/mol. The number of unbranched alkanes of at least 4 members (excludes halogenated alkanes) is 2. The highest BCUT2D eigenvalue weighted by molar-refractivity contribution is 5.66. The van der Waals surface area contributed by atoms with Crippen molar-refractivity contribution >= 4 is 11.5 Å². The average Bonchev–Trinajstić information content (AvgIpc) is 2.35. The minimum Gasteiger partial charge on any atom is -0.476 e. The summed E-state index contributed by atoms with van der Waals surface area (Å²) in [6.07, 6.45) is 5.93. The molecule has 0 atom stereocenters. The molecule has 5 nitrogen and oxygen atoms in total. The fraction of sp³-hybridized carbons (Fsp3) is 0.667. The molecule has 1 heterocycles. The Morgan fingerprint density at radius 3 is 2.76 bits per heavy atom. The van der Waals surface area contributed by atoms with E-state index in [0.717, 1.165) is 19.4 Å². The molecule has 0 aliphatic rings. The van der Waals surface area contributed by atoms with Crippen LogP contribution in [0, 0.1) is 0 Å². The fourth-order valence-corrected chi connectivity index (χ4v) is 1.42. The van der Waals surface area contributed by atoms with Crippen LogP contribution in [0.2, 0.25) is 0 Å². The van der Waals surface area contributed by atoms with Gasteiger partial charge in [-0.05, 0) is 12.8 Å². The summed E-state index contributed by atoms with van der Waals surface area (Å²) in [5, 5.41) is 3.21. The van der Waals surface area contributed by atoms with Crippen molar-refractivity contribution in [1.29, 1.82) is 0 Å². The Balaban J connectivity index is 2.53. The lowest BCUT2D eigenvalue weighted by molar-refractivity contribution is 0.306. The second-order valence-corrected chi connectivity index (χ2v) is 3.92. The second kappa shape index (κ2) is 7.70. The first kappa shape index (κ1) is 13.5. The Kier molecular flexibility index (Phi) is 6.14. The van der Waals surface area contributed by atoms with Crippen LogP contribution in [0.15, 0.2) is 6.33 Å². The Morgan fingerprint density at radius 1 is 1.24 bits per heavy atom. The molecule has 0 fully saturated rings. The summed E-state index contributed by atoms with van der Waals surface area (Å²) < 4.78 is 5.44. The third-order valence-corrected chi connectivity index (χ3v) is 2.36. The number of nitrogens with two attached hydrogens (primary N) is 1. The summed E-state index contributed by atoms with van der Waals surface area (Å²) >= 11 is 0. The van der Waals surface area contributed by atoms with Gasteiger partial charge in [-0.3, -0.25) is 0 Å². The van der Waals surface area contributed by atoms with Crippen LogP contribution in [0.4, 0.5) is 11.5 Å². The minimum atomic E-state index is 0.472. The van der Waals surface area contributed by atoms with E-state index < -0.39 is 0 Å². The normalized spacial score (nSPS) is 10.2. The van der Waals surface area contributed by atoms with E-state index >= 15 is 0 Å². The van der Waals surface area contributed by atoms with Gasteiger partial charge in [0.2, 0.25) is 5.88 Å². The molecule has 0 unspecified atom stereocenters. The fourth-order valence-electron chi connectivity index (χ4n) is 1.42. The molecule has 1 rings (SSSR count). The van der Waals surface area contributed by atoms with Crippen molar-refractivity contribution in [2.45, 2.75) is 39.5 Å². The number of nitrogens with zero attached hydrogens (tertiary/aromatic N) is 2. The maximum Gasteiger partial charge on any atom is 0.242 e. The van der Waals surface area contributed by atoms with E-state index in [9.17, 15) is 0 Å². The largest absolute Gasteiger partial charge is 0.476 e. The van der Waals surface area contributed by atoms with Crippen LogP contribution in [0.5, 0.6) is 5.88 Å². The highest BCUT2D eigenvalue weighted by Gasteiger charge is 2.08. The van der Waals surface area contributed by atoms with Crippen molar-refractivity contribution in [3.63, 3.8) is 0 Å². The summed E-state index contributed by atoms with van der Waals surface area (Å²) in [7, 11) is 0. The summed E-state index contributed by atoms with van der Waals surface area (Å²) in [5.41, 5.74) is 6.42. The zero-order valence-corrected chi connectivity index (χ0v) is 10.7. The van der Waals surface area contributed by atoms with Gasteiger partial charge in [-0.1, -0.05) is 26.7 Å². The predicted molar refractivity (Wildman–Crippen MR) is 70.2 cm³/mol. The number of aromatic nitrogens is 2. The molecule has 0 amide bonds. The Bertz CT molecular complexity index is 330. The van der Waals surface area contributed by atoms with E-state index in [1.807, 2.05) is 6.92 Å². The molecular formula is C12H22N4O. The van der Waals surface area contributed by atoms with E-state index in [0.29, 0.717) is 24.0 Å². The lowest BCUT2D eigenvalue weighted by Gasteiger charge is -2.11. The van der Waals surface area contributed by atoms with Crippen LogP contribution >= 0.6 is 0 Å². The third-order valence-electron chi connectivity index (χ3n) is 2.36. The lowest BCUT2D eigenvalue weighted by Crippen LogP contribution is -2.09. The van der Waals surface area contributed by atoms with Crippen LogP contribution in [0.25, 0.3) is 0 Å². The summed E-state index contributed by atoms with van der Waals surface area (Å²) in [5.74, 6) is 1.14. The first-order valence-corrected chi connectivity index (χ1v) is 6.26. The molecule has 5 heteroatoms. The number of hydrogen-bond acceptors (Lipinski definition) is 5. The van der Waals surface area contributed by atoms with E-state index in [4.69, 9.17) is 10.5 Å². The molecule has 0 aromatic carbocycles. The zero-order chi connectivity index (χ0) is 12.5. The molecule has 3 N–H and O–H groups in total. The van der Waals surface area contributed by atoms with Crippen LogP contribution in [0.1, 0.15) is 39.5 Å². The second-order valence-electron chi connectivity index (χ2n) is 3.92. The Labute approximate surface area is 103 Å². The van der Waals surface area contributed by atoms with Gasteiger partial charge in [0.05, 0.1) is 6.61 Å². The van der Waals surface area contributed by atoms with Crippen LogP contribution in [-0.2, 0) is 0 Å². The first-order valence-electron chi connectivity index (χ1n) is 6.26. The number of anilines is 2. The highest BCUT2D eigenvalue weighted by atomic mass is 16.5. The average molecular weight is 238 g/mol. The Morgan fingerprint density at radius 2 is 2.06 bits per heavy atom. The van der Waals surface area contributed by atoms with Gasteiger partial charge in [0.25, 0.3) is 0 Å². The van der Waals surface area contributed by atoms with Gasteiger partial charge in [0.1, 0.15) is 12.0 Å². The molecule has 1 aromatic heterocycles. The topological polar surface area (TPSA) is 73.1 Å². The van der Waals surface area contributed by atoms with Gasteiger partial charge in [-0.25, -0.2) is 4.98 Å². The van der Waals surface area contributed by atoms with E-state index in [1.165, 1.54) is 19.2 Å². The standard InChI is InChI=1S/C12H22N4O/c1-3-5-6-7-14-11-10(13)12(16-9-15-11)17-8-4-2/h9H,3-8,13H2,1-2H3,(H,14,15,16). The summed E-state index contributed by atoms with van der Waals surface area (Å²) in [6.45, 7) is 5.72. The first-order chi connectivity index (χ1) is 8.29. The molecule has 0 radical (unpaired) electrons. The lowest BCUT2D eigenvalue weighted by atomic mass is 10.2. The SMILES string of the molecule is CCCCCNc1ncnc(OCCC)c1N. The zero-order valence-electron chi connectivity index (χ0n) is 10.7. The molecule has 0 spiro atoms. The number of ether oxygens (including phenoxy) is 1. The van der Waals surface area contributed by atoms with Crippen molar-refractivity contribution in [2.75, 3.05) is 24.2 Å². The molecule has 0 saturated carbocycles. The molecular weight excluding hydrogens is 216 g/mol. The maximum atomic E-state index is 5.93. The molecule has 0 bridgehead atoms. The molecule has 1 aromatic rings. The smallest absolute Gasteiger partial charge is 0.242 e. The summed E-state index contributed by atoms with van der Waals surface area (Å²) in [6, 6.07) is 0. The molecule has 0 aliphatic heterocycles. The van der Waals surface area contributed by atoms with Gasteiger partial charge >= 0.3 is 0 Å². The molecule has 0 aliphatic carbocycles. The van der Waals surface area contributed by atoms with E-state index in [1.54, 1.807) is 0 Å². The van der Waals surface area contributed by atoms with Crippen LogP contribution in [-0.4, -0.2) is 23.1 Å². The minimum absolute atomic E-state index is 0.472. The molecule has 17 heavy (non-hydrogen) atoms. The summed E-state index contributed by atoms with van der Waals surface area (Å²) in [4.78, 5) is 8.14. The van der Waals surface area contributed by atoms with E-state index in [-0.39, 0.29) is 0 Å². The van der Waals surface area contributed by atoms with Gasteiger partial charge in [0, 0.05) is 6.54 Å². The van der Waals surface area contributed by atoms with Crippen molar-refractivity contribution in [3.8, 4) is 5.88 Å². The number of rotatable bonds is 8. The number of nitrogen functional groups attached to an aromatic ring is 1. The van der Waals surface area contributed by atoms with Gasteiger partial charge in [-0.15, -0.1) is 0 Å². The van der Waals surface area contributed by atoms with E-state index in [2.05, 4.69) is 22.2 Å². The molecule has 0 saturated heterocycles. The van der Waals surface area contributed by atoms with Crippen molar-refractivity contribution in [3.05, 3.63) is 6.33 Å². The number of nitrogens with one attached hydrogen (secondary N) is 1. The highest BCUT2D eigenvalue weighted by Crippen LogP contribution is 2.24. The van der Waals surface area contributed by atoms with Crippen LogP contribution in [0.3, 0.4) is 0 Å². The van der Waals surface area contributed by atoms with Gasteiger partial charge in [0.15, 0.2) is 5.82 Å². The van der Waals surface area contributed by atoms with Crippen molar-refractivity contribution < 1.29 is 4.74 Å². The predicted octanol–water partition coefficient (Wildman–Crippen LogP) is 2.45. The number of hydrogen-bond donors (Lipinski definition) is 2. The van der Waals surface area contributed by atoms with Crippen molar-refractivity contribution in [2.24, 2.45) is 0 Å². The van der Waals surface area contributed by atoms with Crippen LogP contribution < -0.4 is 15.8 Å². The van der Waals surface area contributed by atoms with Gasteiger partial charge < -0.3 is 15.8 Å². The third kappa shape index (κ3) is 4.46.